The van der Waals surface area contributed by atoms with E-state index in [-0.39, 0.29) is 47.6 Å². The Hall–Kier alpha value is -3.15. The van der Waals surface area contributed by atoms with Crippen LogP contribution in [-0.2, 0) is 9.59 Å². The van der Waals surface area contributed by atoms with Crippen molar-refractivity contribution in [1.29, 1.82) is 5.26 Å². The molecule has 0 aromatic heterocycles. The number of hydrogen-bond donors (Lipinski definition) is 2. The lowest BCUT2D eigenvalue weighted by molar-refractivity contribution is -0.384. The number of amides is 2. The highest BCUT2D eigenvalue weighted by atomic mass is 16.6. The molecule has 3 rings (SSSR count). The topological polar surface area (TPSA) is 128 Å². The summed E-state index contributed by atoms with van der Waals surface area (Å²) >= 11 is 0. The van der Waals surface area contributed by atoms with Gasteiger partial charge in [-0.05, 0) is 44.6 Å². The fourth-order valence-corrected chi connectivity index (χ4v) is 3.67. The minimum Gasteiger partial charge on any atom is -0.381 e. The number of rotatable bonds is 7. The van der Waals surface area contributed by atoms with Gasteiger partial charge in [-0.1, -0.05) is 0 Å². The minimum atomic E-state index is -0.520. The van der Waals surface area contributed by atoms with Gasteiger partial charge in [0.2, 0.25) is 11.8 Å². The normalized spacial score (nSPS) is 21.0. The molecular weight excluding hydrogens is 374 g/mol. The molecule has 29 heavy (non-hydrogen) atoms. The van der Waals surface area contributed by atoms with Crippen molar-refractivity contribution in [3.8, 4) is 6.07 Å². The number of non-ortho nitro benzene ring substituents is 1. The summed E-state index contributed by atoms with van der Waals surface area (Å²) in [5.41, 5.74) is 0.729. The van der Waals surface area contributed by atoms with Crippen LogP contribution in [0.4, 0.5) is 11.4 Å². The molecule has 2 N–H and O–H groups in total. The zero-order chi connectivity index (χ0) is 21.0. The average Bonchev–Trinajstić information content (AvgIpc) is 3.54. The molecular formula is C20H25N5O4. The molecule has 9 heteroatoms. The number of nitrogens with one attached hydrogen (secondary N) is 2. The fourth-order valence-electron chi connectivity index (χ4n) is 3.67. The van der Waals surface area contributed by atoms with Gasteiger partial charge in [0.25, 0.3) is 5.69 Å². The number of nitro groups is 1. The molecule has 1 aromatic carbocycles. The summed E-state index contributed by atoms with van der Waals surface area (Å²) in [5.74, 6) is 0.0107. The second-order valence-corrected chi connectivity index (χ2v) is 7.83. The second kappa shape index (κ2) is 8.90. The highest BCUT2D eigenvalue weighted by Gasteiger charge is 2.33. The second-order valence-electron chi connectivity index (χ2n) is 7.83. The van der Waals surface area contributed by atoms with Crippen LogP contribution in [0.25, 0.3) is 0 Å². The Labute approximate surface area is 169 Å². The van der Waals surface area contributed by atoms with Crippen LogP contribution >= 0.6 is 0 Å². The highest BCUT2D eigenvalue weighted by Crippen LogP contribution is 2.30. The molecule has 9 nitrogen and oxygen atoms in total. The first kappa shape index (κ1) is 20.6. The Morgan fingerprint density at radius 1 is 1.21 bits per heavy atom. The molecule has 0 bridgehead atoms. The van der Waals surface area contributed by atoms with Crippen LogP contribution in [-0.4, -0.2) is 47.3 Å². The maximum atomic E-state index is 12.2. The predicted molar refractivity (Wildman–Crippen MR) is 106 cm³/mol. The SMILES string of the molecule is CN(CC(=O)NC1CCC(Nc2ccc([N+](=O)[O-])cc2C#N)CC1)C(=O)C1CC1. The van der Waals surface area contributed by atoms with Gasteiger partial charge in [0.15, 0.2) is 0 Å². The molecule has 1 aromatic rings. The Morgan fingerprint density at radius 2 is 1.86 bits per heavy atom. The Kier molecular flexibility index (Phi) is 6.32. The molecule has 0 saturated heterocycles. The molecule has 2 aliphatic rings. The zero-order valence-corrected chi connectivity index (χ0v) is 16.4. The van der Waals surface area contributed by atoms with Gasteiger partial charge in [-0.15, -0.1) is 0 Å². The first-order valence-corrected chi connectivity index (χ1v) is 9.86. The van der Waals surface area contributed by atoms with Crippen molar-refractivity contribution in [3.63, 3.8) is 0 Å². The molecule has 2 fully saturated rings. The maximum absolute atomic E-state index is 12.2. The summed E-state index contributed by atoms with van der Waals surface area (Å²) in [6.45, 7) is 0.0852. The van der Waals surface area contributed by atoms with Crippen LogP contribution in [0.2, 0.25) is 0 Å². The first-order chi connectivity index (χ1) is 13.9. The van der Waals surface area contributed by atoms with Crippen molar-refractivity contribution in [2.45, 2.75) is 50.6 Å². The molecule has 154 valence electrons. The van der Waals surface area contributed by atoms with E-state index in [0.29, 0.717) is 5.69 Å². The van der Waals surface area contributed by atoms with Gasteiger partial charge in [-0.25, -0.2) is 0 Å². The lowest BCUT2D eigenvalue weighted by Crippen LogP contribution is -2.45. The quantitative estimate of drug-likeness (QED) is 0.534. The van der Waals surface area contributed by atoms with E-state index < -0.39 is 4.92 Å². The monoisotopic (exact) mass is 399 g/mol. The van der Waals surface area contributed by atoms with Crippen molar-refractivity contribution in [2.75, 3.05) is 18.9 Å². The molecule has 0 heterocycles. The minimum absolute atomic E-state index is 0.0458. The zero-order valence-electron chi connectivity index (χ0n) is 16.4. The number of benzene rings is 1. The standard InChI is InChI=1S/C20H25N5O4/c1-24(20(27)13-2-3-13)12-19(26)23-16-6-4-15(5-7-16)22-18-9-8-17(25(28)29)10-14(18)11-21/h8-10,13,15-16,22H,2-7,12H2,1H3,(H,23,26). The molecule has 0 aliphatic heterocycles. The summed E-state index contributed by atoms with van der Waals surface area (Å²) < 4.78 is 0. The van der Waals surface area contributed by atoms with Gasteiger partial charge < -0.3 is 15.5 Å². The number of nitrogens with zero attached hydrogens (tertiary/aromatic N) is 3. The third kappa shape index (κ3) is 5.44. The van der Waals surface area contributed by atoms with Crippen LogP contribution in [0.15, 0.2) is 18.2 Å². The molecule has 2 aliphatic carbocycles. The highest BCUT2D eigenvalue weighted by molar-refractivity contribution is 5.86. The molecule has 0 atom stereocenters. The van der Waals surface area contributed by atoms with Crippen LogP contribution < -0.4 is 10.6 Å². The van der Waals surface area contributed by atoms with Gasteiger partial charge in [-0.2, -0.15) is 5.26 Å². The van der Waals surface area contributed by atoms with E-state index in [2.05, 4.69) is 10.6 Å². The summed E-state index contributed by atoms with van der Waals surface area (Å²) in [6, 6.07) is 6.42. The van der Waals surface area contributed by atoms with Crippen molar-refractivity contribution in [3.05, 3.63) is 33.9 Å². The van der Waals surface area contributed by atoms with Crippen molar-refractivity contribution < 1.29 is 14.5 Å². The Balaban J connectivity index is 1.46. The van der Waals surface area contributed by atoms with Gasteiger partial charge in [0, 0.05) is 37.2 Å². The smallest absolute Gasteiger partial charge is 0.270 e. The van der Waals surface area contributed by atoms with Crippen molar-refractivity contribution in [2.24, 2.45) is 5.92 Å². The Bertz CT molecular complexity index is 838. The molecule has 0 radical (unpaired) electrons. The number of nitro benzene ring substituents is 1. The number of carbonyl (C=O) groups is 2. The number of hydrogen-bond acceptors (Lipinski definition) is 6. The summed E-state index contributed by atoms with van der Waals surface area (Å²) in [4.78, 5) is 36.0. The first-order valence-electron chi connectivity index (χ1n) is 9.86. The van der Waals surface area contributed by atoms with Gasteiger partial charge in [0.05, 0.1) is 22.7 Å². The predicted octanol–water partition coefficient (Wildman–Crippen LogP) is 2.17. The van der Waals surface area contributed by atoms with Gasteiger partial charge >= 0.3 is 0 Å². The third-order valence-corrected chi connectivity index (χ3v) is 5.47. The van der Waals surface area contributed by atoms with Crippen LogP contribution in [0.1, 0.15) is 44.1 Å². The third-order valence-electron chi connectivity index (χ3n) is 5.47. The average molecular weight is 399 g/mol. The van der Waals surface area contributed by atoms with Crippen LogP contribution in [0.3, 0.4) is 0 Å². The van der Waals surface area contributed by atoms with E-state index in [1.165, 1.54) is 17.0 Å². The lowest BCUT2D eigenvalue weighted by atomic mass is 9.90. The van der Waals surface area contributed by atoms with Crippen LogP contribution in [0, 0.1) is 27.4 Å². The Morgan fingerprint density at radius 3 is 2.45 bits per heavy atom. The number of nitriles is 1. The number of anilines is 1. The summed E-state index contributed by atoms with van der Waals surface area (Å²) in [6.07, 6.45) is 5.04. The van der Waals surface area contributed by atoms with Crippen molar-refractivity contribution in [1.82, 2.24) is 10.2 Å². The summed E-state index contributed by atoms with van der Waals surface area (Å²) in [5, 5.41) is 26.4. The van der Waals surface area contributed by atoms with E-state index in [9.17, 15) is 25.0 Å². The molecule has 2 saturated carbocycles. The molecule has 2 amide bonds. The molecule has 0 unspecified atom stereocenters. The van der Waals surface area contributed by atoms with E-state index in [0.717, 1.165) is 38.5 Å². The van der Waals surface area contributed by atoms with E-state index >= 15 is 0 Å². The van der Waals surface area contributed by atoms with Crippen LogP contribution in [0.5, 0.6) is 0 Å². The van der Waals surface area contributed by atoms with Gasteiger partial charge in [-0.3, -0.25) is 19.7 Å². The van der Waals surface area contributed by atoms with E-state index in [1.807, 2.05) is 6.07 Å². The van der Waals surface area contributed by atoms with Gasteiger partial charge in [0.1, 0.15) is 6.07 Å². The van der Waals surface area contributed by atoms with E-state index in [4.69, 9.17) is 0 Å². The molecule has 0 spiro atoms. The van der Waals surface area contributed by atoms with Crippen molar-refractivity contribution >= 4 is 23.2 Å². The van der Waals surface area contributed by atoms with E-state index in [1.54, 1.807) is 13.1 Å². The maximum Gasteiger partial charge on any atom is 0.270 e. The summed E-state index contributed by atoms with van der Waals surface area (Å²) in [7, 11) is 1.66. The number of likely N-dealkylation sites (N-methyl/N-ethyl adjacent to an activating group) is 1. The fraction of sp³-hybridized carbons (Fsp3) is 0.550. The lowest BCUT2D eigenvalue weighted by Gasteiger charge is -2.31. The largest absolute Gasteiger partial charge is 0.381 e. The number of carbonyl (C=O) groups excluding carboxylic acids is 2.